The Bertz CT molecular complexity index is 1180. The normalized spacial score (nSPS) is 17.8. The molecule has 0 unspecified atom stereocenters. The first-order chi connectivity index (χ1) is 18.7. The third-order valence-electron chi connectivity index (χ3n) is 7.41. The number of halogens is 6. The summed E-state index contributed by atoms with van der Waals surface area (Å²) in [5, 5.41) is 0. The number of hydrogen-bond acceptors (Lipinski definition) is 2. The number of alkyl halides is 4. The monoisotopic (exact) mass is 550 g/mol. The standard InChI is InChI=1S/C31H32F6O2/c1-2-3-4-5-20-6-8-21(9-7-20)22-10-12-23(13-11-22)24-18-27(32)29(28(33)19-24)31(36,37)39-26-16-14-25(15-17-26)38-30(34)35/h10-21,30H,2-9H2,1H3. The summed E-state index contributed by atoms with van der Waals surface area (Å²) in [4.78, 5) is 0. The molecule has 1 fully saturated rings. The minimum Gasteiger partial charge on any atom is -0.435 e. The van der Waals surface area contributed by atoms with Crippen molar-refractivity contribution in [3.8, 4) is 22.6 Å². The van der Waals surface area contributed by atoms with Crippen molar-refractivity contribution >= 4 is 0 Å². The van der Waals surface area contributed by atoms with E-state index in [0.29, 0.717) is 11.5 Å². The molecule has 0 aromatic heterocycles. The van der Waals surface area contributed by atoms with Gasteiger partial charge < -0.3 is 9.47 Å². The van der Waals surface area contributed by atoms with E-state index in [-0.39, 0.29) is 11.3 Å². The molecular weight excluding hydrogens is 518 g/mol. The quantitative estimate of drug-likeness (QED) is 0.175. The van der Waals surface area contributed by atoms with Gasteiger partial charge in [-0.2, -0.15) is 17.6 Å². The highest BCUT2D eigenvalue weighted by molar-refractivity contribution is 5.64. The summed E-state index contributed by atoms with van der Waals surface area (Å²) >= 11 is 0. The average molecular weight is 551 g/mol. The summed E-state index contributed by atoms with van der Waals surface area (Å²) in [5.41, 5.74) is 0.277. The highest BCUT2D eigenvalue weighted by Crippen LogP contribution is 2.40. The van der Waals surface area contributed by atoms with Crippen LogP contribution in [0.25, 0.3) is 11.1 Å². The Morgan fingerprint density at radius 2 is 1.38 bits per heavy atom. The zero-order valence-corrected chi connectivity index (χ0v) is 21.7. The van der Waals surface area contributed by atoms with E-state index in [1.807, 2.05) is 12.1 Å². The van der Waals surface area contributed by atoms with Gasteiger partial charge in [0, 0.05) is 0 Å². The third kappa shape index (κ3) is 7.49. The lowest BCUT2D eigenvalue weighted by atomic mass is 9.77. The zero-order chi connectivity index (χ0) is 28.0. The Morgan fingerprint density at radius 1 is 0.795 bits per heavy atom. The smallest absolute Gasteiger partial charge is 0.432 e. The van der Waals surface area contributed by atoms with Gasteiger partial charge in [0.05, 0.1) is 0 Å². The van der Waals surface area contributed by atoms with Crippen molar-refractivity contribution < 1.29 is 35.8 Å². The molecule has 4 rings (SSSR count). The summed E-state index contributed by atoms with van der Waals surface area (Å²) < 4.78 is 92.3. The van der Waals surface area contributed by atoms with Crippen LogP contribution in [-0.2, 0) is 6.11 Å². The highest BCUT2D eigenvalue weighted by atomic mass is 19.3. The summed E-state index contributed by atoms with van der Waals surface area (Å²) in [6.07, 6.45) is 5.38. The molecule has 0 N–H and O–H groups in total. The third-order valence-corrected chi connectivity index (χ3v) is 7.41. The summed E-state index contributed by atoms with van der Waals surface area (Å²) in [6.45, 7) is -0.876. The molecule has 8 heteroatoms. The Kier molecular flexibility index (Phi) is 9.46. The van der Waals surface area contributed by atoms with Gasteiger partial charge in [-0.3, -0.25) is 0 Å². The van der Waals surface area contributed by atoms with Crippen LogP contribution in [0.4, 0.5) is 26.3 Å². The molecule has 0 bridgehead atoms. The number of rotatable bonds is 11. The first-order valence-electron chi connectivity index (χ1n) is 13.4. The van der Waals surface area contributed by atoms with Crippen LogP contribution >= 0.6 is 0 Å². The maximum atomic E-state index is 14.8. The summed E-state index contributed by atoms with van der Waals surface area (Å²) in [7, 11) is 0. The molecule has 3 aromatic carbocycles. The minimum absolute atomic E-state index is 0.129. The molecule has 0 atom stereocenters. The zero-order valence-electron chi connectivity index (χ0n) is 21.7. The first-order valence-corrected chi connectivity index (χ1v) is 13.4. The van der Waals surface area contributed by atoms with Gasteiger partial charge in [0.2, 0.25) is 0 Å². The van der Waals surface area contributed by atoms with E-state index in [9.17, 15) is 26.3 Å². The predicted molar refractivity (Wildman–Crippen MR) is 138 cm³/mol. The fourth-order valence-corrected chi connectivity index (χ4v) is 5.32. The van der Waals surface area contributed by atoms with Gasteiger partial charge in [0.25, 0.3) is 0 Å². The first kappa shape index (κ1) is 28.8. The molecule has 39 heavy (non-hydrogen) atoms. The second-order valence-electron chi connectivity index (χ2n) is 10.1. The lowest BCUT2D eigenvalue weighted by molar-refractivity contribution is -0.189. The molecular formula is C31H32F6O2. The molecule has 0 heterocycles. The Balaban J connectivity index is 1.43. The van der Waals surface area contributed by atoms with Crippen LogP contribution in [-0.4, -0.2) is 6.61 Å². The van der Waals surface area contributed by atoms with E-state index in [1.54, 1.807) is 12.1 Å². The van der Waals surface area contributed by atoms with Gasteiger partial charge in [0.1, 0.15) is 28.7 Å². The van der Waals surface area contributed by atoms with Gasteiger partial charge in [-0.15, -0.1) is 0 Å². The molecule has 1 aliphatic rings. The van der Waals surface area contributed by atoms with Crippen molar-refractivity contribution in [2.75, 3.05) is 0 Å². The Labute approximate surface area is 225 Å². The van der Waals surface area contributed by atoms with Gasteiger partial charge >= 0.3 is 12.7 Å². The predicted octanol–water partition coefficient (Wildman–Crippen LogP) is 10.2. The minimum atomic E-state index is -4.35. The van der Waals surface area contributed by atoms with Crippen molar-refractivity contribution in [2.24, 2.45) is 5.92 Å². The van der Waals surface area contributed by atoms with Crippen LogP contribution in [0.2, 0.25) is 0 Å². The van der Waals surface area contributed by atoms with Crippen LogP contribution in [0.15, 0.2) is 60.7 Å². The van der Waals surface area contributed by atoms with Gasteiger partial charge in [0.15, 0.2) is 0 Å². The molecule has 1 aliphatic carbocycles. The molecule has 0 aliphatic heterocycles. The van der Waals surface area contributed by atoms with Crippen molar-refractivity contribution in [1.29, 1.82) is 0 Å². The lowest BCUT2D eigenvalue weighted by Crippen LogP contribution is -2.25. The molecule has 1 saturated carbocycles. The molecule has 0 radical (unpaired) electrons. The summed E-state index contributed by atoms with van der Waals surface area (Å²) in [5.74, 6) is -2.43. The summed E-state index contributed by atoms with van der Waals surface area (Å²) in [6, 6.07) is 13.0. The largest absolute Gasteiger partial charge is 0.435 e. The maximum absolute atomic E-state index is 14.8. The second-order valence-corrected chi connectivity index (χ2v) is 10.1. The van der Waals surface area contributed by atoms with Crippen molar-refractivity contribution in [3.63, 3.8) is 0 Å². The molecule has 3 aromatic rings. The van der Waals surface area contributed by atoms with E-state index >= 15 is 0 Å². The van der Waals surface area contributed by atoms with Crippen LogP contribution in [0.3, 0.4) is 0 Å². The molecule has 210 valence electrons. The van der Waals surface area contributed by atoms with E-state index in [1.165, 1.54) is 44.1 Å². The van der Waals surface area contributed by atoms with Crippen LogP contribution < -0.4 is 9.47 Å². The highest BCUT2D eigenvalue weighted by Gasteiger charge is 2.41. The maximum Gasteiger partial charge on any atom is 0.432 e. The van der Waals surface area contributed by atoms with E-state index in [0.717, 1.165) is 55.2 Å². The van der Waals surface area contributed by atoms with E-state index in [4.69, 9.17) is 0 Å². The van der Waals surface area contributed by atoms with Crippen molar-refractivity contribution in [2.45, 2.75) is 76.9 Å². The Hall–Kier alpha value is -3.16. The fraction of sp³-hybridized carbons (Fsp3) is 0.419. The number of unbranched alkanes of at least 4 members (excludes halogenated alkanes) is 2. The van der Waals surface area contributed by atoms with Gasteiger partial charge in [-0.05, 0) is 90.6 Å². The van der Waals surface area contributed by atoms with E-state index < -0.39 is 35.7 Å². The SMILES string of the molecule is CCCCCC1CCC(c2ccc(-c3cc(F)c(C(F)(F)Oc4ccc(OC(F)F)cc4)c(F)c3)cc2)CC1. The molecule has 0 spiro atoms. The van der Waals surface area contributed by atoms with Crippen LogP contribution in [0.1, 0.15) is 75.3 Å². The van der Waals surface area contributed by atoms with Gasteiger partial charge in [-0.25, -0.2) is 8.78 Å². The van der Waals surface area contributed by atoms with Gasteiger partial charge in [-0.1, -0.05) is 56.9 Å². The average Bonchev–Trinajstić information content (AvgIpc) is 2.89. The topological polar surface area (TPSA) is 18.5 Å². The lowest BCUT2D eigenvalue weighted by Gasteiger charge is -2.29. The second kappa shape index (κ2) is 12.8. The fourth-order valence-electron chi connectivity index (χ4n) is 5.32. The van der Waals surface area contributed by atoms with E-state index in [2.05, 4.69) is 16.4 Å². The van der Waals surface area contributed by atoms with Crippen molar-refractivity contribution in [1.82, 2.24) is 0 Å². The number of hydrogen-bond donors (Lipinski definition) is 0. The van der Waals surface area contributed by atoms with Crippen molar-refractivity contribution in [3.05, 3.63) is 83.4 Å². The molecule has 0 amide bonds. The molecule has 2 nitrogen and oxygen atoms in total. The van der Waals surface area contributed by atoms with Crippen LogP contribution in [0.5, 0.6) is 11.5 Å². The number of ether oxygens (including phenoxy) is 2. The van der Waals surface area contributed by atoms with Crippen LogP contribution in [0, 0.1) is 17.6 Å². The Morgan fingerprint density at radius 3 is 1.95 bits per heavy atom. The molecule has 0 saturated heterocycles. The number of benzene rings is 3.